The van der Waals surface area contributed by atoms with Gasteiger partial charge in [-0.25, -0.2) is 4.98 Å². The topological polar surface area (TPSA) is 137 Å². The van der Waals surface area contributed by atoms with Crippen LogP contribution in [0.15, 0.2) is 24.4 Å². The van der Waals surface area contributed by atoms with Crippen molar-refractivity contribution >= 4 is 34.0 Å². The van der Waals surface area contributed by atoms with Crippen molar-refractivity contribution in [3.8, 4) is 0 Å². The number of amides is 2. The van der Waals surface area contributed by atoms with Crippen molar-refractivity contribution in [1.29, 1.82) is 0 Å². The molecular formula is C22H33N5O5S. The summed E-state index contributed by atoms with van der Waals surface area (Å²) in [6.07, 6.45) is 1.72. The number of benzene rings is 1. The molecule has 2 amide bonds. The van der Waals surface area contributed by atoms with Crippen molar-refractivity contribution in [2.75, 3.05) is 69.9 Å². The molecule has 0 fully saturated rings. The molecule has 0 saturated heterocycles. The fourth-order valence-electron chi connectivity index (χ4n) is 2.74. The van der Waals surface area contributed by atoms with Gasteiger partial charge in [0, 0.05) is 35.4 Å². The monoisotopic (exact) mass is 479 g/mol. The van der Waals surface area contributed by atoms with Gasteiger partial charge in [-0.15, -0.1) is 11.3 Å². The average molecular weight is 480 g/mol. The molecule has 0 aliphatic heterocycles. The largest absolute Gasteiger partial charge is 0.378 e. The Kier molecular flexibility index (Phi) is 12.4. The molecule has 0 saturated carbocycles. The third kappa shape index (κ3) is 10.7. The molecule has 2 rings (SSSR count). The van der Waals surface area contributed by atoms with Gasteiger partial charge in [-0.2, -0.15) is 0 Å². The third-order valence-corrected chi connectivity index (χ3v) is 5.17. The van der Waals surface area contributed by atoms with E-state index in [2.05, 4.69) is 20.9 Å². The van der Waals surface area contributed by atoms with Gasteiger partial charge in [0.25, 0.3) is 5.91 Å². The number of carbonyl (C=O) groups is 2. The molecule has 182 valence electrons. The van der Waals surface area contributed by atoms with Crippen LogP contribution in [0.3, 0.4) is 0 Å². The number of aryl methyl sites for hydroxylation is 2. The van der Waals surface area contributed by atoms with E-state index in [0.29, 0.717) is 63.4 Å². The van der Waals surface area contributed by atoms with Crippen LogP contribution < -0.4 is 21.7 Å². The van der Waals surface area contributed by atoms with Crippen molar-refractivity contribution in [2.45, 2.75) is 13.8 Å². The number of hydrogen-bond donors (Lipinski definition) is 4. The molecule has 1 heterocycles. The maximum absolute atomic E-state index is 12.4. The molecule has 1 aromatic heterocycles. The van der Waals surface area contributed by atoms with E-state index in [9.17, 15) is 9.59 Å². The predicted molar refractivity (Wildman–Crippen MR) is 129 cm³/mol. The van der Waals surface area contributed by atoms with E-state index in [4.69, 9.17) is 19.9 Å². The highest BCUT2D eigenvalue weighted by atomic mass is 32.1. The second-order valence-electron chi connectivity index (χ2n) is 7.09. The summed E-state index contributed by atoms with van der Waals surface area (Å²) >= 11 is 1.42. The van der Waals surface area contributed by atoms with Crippen molar-refractivity contribution in [3.05, 3.63) is 40.4 Å². The quantitative estimate of drug-likeness (QED) is 0.266. The Morgan fingerprint density at radius 3 is 2.36 bits per heavy atom. The summed E-state index contributed by atoms with van der Waals surface area (Å²) in [5, 5.41) is 9.21. The van der Waals surface area contributed by atoms with Crippen LogP contribution in [0.1, 0.15) is 20.8 Å². The van der Waals surface area contributed by atoms with Crippen LogP contribution in [0.5, 0.6) is 0 Å². The Balaban J connectivity index is 1.58. The minimum absolute atomic E-state index is 0.120. The lowest BCUT2D eigenvalue weighted by atomic mass is 10.1. The Morgan fingerprint density at radius 1 is 1.03 bits per heavy atom. The number of hydrogen-bond acceptors (Lipinski definition) is 9. The van der Waals surface area contributed by atoms with Gasteiger partial charge in [-0.3, -0.25) is 14.9 Å². The van der Waals surface area contributed by atoms with Gasteiger partial charge in [0.2, 0.25) is 5.91 Å². The standard InChI is InChI=1S/C22H33N5O5S/c1-16-13-18(3-4-19(16)21(29)27-22-26-14-17(2)33-22)25-15-20(28)24-6-8-31-10-12-32-11-9-30-7-5-23/h3-4,13-14,25H,5-12,15,23H2,1-2H3,(H,24,28)(H,26,27,29). The predicted octanol–water partition coefficient (Wildman–Crippen LogP) is 1.55. The fraction of sp³-hybridized carbons (Fsp3) is 0.500. The van der Waals surface area contributed by atoms with E-state index in [1.165, 1.54) is 11.3 Å². The summed E-state index contributed by atoms with van der Waals surface area (Å²) in [4.78, 5) is 29.6. The first-order valence-corrected chi connectivity index (χ1v) is 11.6. The van der Waals surface area contributed by atoms with Crippen LogP contribution in [0.4, 0.5) is 10.8 Å². The van der Waals surface area contributed by atoms with E-state index in [-0.39, 0.29) is 18.4 Å². The van der Waals surface area contributed by atoms with E-state index >= 15 is 0 Å². The smallest absolute Gasteiger partial charge is 0.257 e. The minimum atomic E-state index is -0.212. The zero-order valence-corrected chi connectivity index (χ0v) is 20.0. The van der Waals surface area contributed by atoms with Gasteiger partial charge < -0.3 is 30.6 Å². The highest BCUT2D eigenvalue weighted by Gasteiger charge is 2.12. The normalized spacial score (nSPS) is 10.8. The summed E-state index contributed by atoms with van der Waals surface area (Å²) in [5.74, 6) is -0.359. The van der Waals surface area contributed by atoms with E-state index in [1.54, 1.807) is 18.3 Å². The van der Waals surface area contributed by atoms with Crippen molar-refractivity contribution in [1.82, 2.24) is 10.3 Å². The maximum Gasteiger partial charge on any atom is 0.257 e. The number of nitrogens with one attached hydrogen (secondary N) is 3. The van der Waals surface area contributed by atoms with E-state index in [0.717, 1.165) is 16.1 Å². The number of thiazole rings is 1. The molecule has 33 heavy (non-hydrogen) atoms. The molecule has 0 atom stereocenters. The summed E-state index contributed by atoms with van der Waals surface area (Å²) in [6, 6.07) is 5.33. The van der Waals surface area contributed by atoms with Gasteiger partial charge >= 0.3 is 0 Å². The first kappa shape index (κ1) is 26.7. The lowest BCUT2D eigenvalue weighted by molar-refractivity contribution is -0.119. The van der Waals surface area contributed by atoms with Crippen LogP contribution >= 0.6 is 11.3 Å². The first-order valence-electron chi connectivity index (χ1n) is 10.8. The van der Waals surface area contributed by atoms with E-state index < -0.39 is 0 Å². The van der Waals surface area contributed by atoms with Crippen LogP contribution in [0, 0.1) is 13.8 Å². The van der Waals surface area contributed by atoms with Crippen molar-refractivity contribution in [3.63, 3.8) is 0 Å². The molecule has 0 spiro atoms. The zero-order chi connectivity index (χ0) is 23.9. The number of nitrogens with zero attached hydrogens (tertiary/aromatic N) is 1. The van der Waals surface area contributed by atoms with Crippen LogP contribution in [0.2, 0.25) is 0 Å². The molecular weight excluding hydrogens is 446 g/mol. The van der Waals surface area contributed by atoms with Gasteiger partial charge in [0.1, 0.15) is 0 Å². The minimum Gasteiger partial charge on any atom is -0.378 e. The molecule has 0 bridgehead atoms. The summed E-state index contributed by atoms with van der Waals surface area (Å²) in [7, 11) is 0. The van der Waals surface area contributed by atoms with E-state index in [1.807, 2.05) is 19.9 Å². The zero-order valence-electron chi connectivity index (χ0n) is 19.1. The number of carbonyl (C=O) groups excluding carboxylic acids is 2. The average Bonchev–Trinajstić information content (AvgIpc) is 3.20. The lowest BCUT2D eigenvalue weighted by Gasteiger charge is -2.11. The van der Waals surface area contributed by atoms with Crippen molar-refractivity contribution < 1.29 is 23.8 Å². The van der Waals surface area contributed by atoms with Crippen LogP contribution in [0.25, 0.3) is 0 Å². The number of nitrogens with two attached hydrogens (primary N) is 1. The lowest BCUT2D eigenvalue weighted by Crippen LogP contribution is -2.32. The number of ether oxygens (including phenoxy) is 3. The number of anilines is 2. The second kappa shape index (κ2) is 15.3. The summed E-state index contributed by atoms with van der Waals surface area (Å²) < 4.78 is 15.9. The molecule has 10 nitrogen and oxygen atoms in total. The van der Waals surface area contributed by atoms with Crippen LogP contribution in [-0.4, -0.2) is 76.1 Å². The molecule has 0 unspecified atom stereocenters. The second-order valence-corrected chi connectivity index (χ2v) is 8.32. The maximum atomic E-state index is 12.4. The molecule has 5 N–H and O–H groups in total. The van der Waals surface area contributed by atoms with Gasteiger partial charge in [0.15, 0.2) is 5.13 Å². The summed E-state index contributed by atoms with van der Waals surface area (Å²) in [6.45, 7) is 7.69. The molecule has 1 aromatic carbocycles. The van der Waals surface area contributed by atoms with Gasteiger partial charge in [-0.05, 0) is 37.6 Å². The fourth-order valence-corrected chi connectivity index (χ4v) is 3.40. The van der Waals surface area contributed by atoms with Crippen LogP contribution in [-0.2, 0) is 19.0 Å². The highest BCUT2D eigenvalue weighted by Crippen LogP contribution is 2.20. The highest BCUT2D eigenvalue weighted by molar-refractivity contribution is 7.15. The van der Waals surface area contributed by atoms with Gasteiger partial charge in [-0.1, -0.05) is 0 Å². The van der Waals surface area contributed by atoms with Crippen molar-refractivity contribution in [2.24, 2.45) is 5.73 Å². The third-order valence-electron chi connectivity index (χ3n) is 4.34. The Bertz CT molecular complexity index is 877. The Hall–Kier alpha value is -2.57. The molecule has 0 aliphatic rings. The SMILES string of the molecule is Cc1cnc(NC(=O)c2ccc(NCC(=O)NCCOCCOCCOCCN)cc2C)s1. The van der Waals surface area contributed by atoms with Gasteiger partial charge in [0.05, 0.1) is 46.2 Å². The molecule has 0 radical (unpaired) electrons. The molecule has 0 aliphatic carbocycles. The Labute approximate surface area is 198 Å². The number of aromatic nitrogens is 1. The Morgan fingerprint density at radius 2 is 1.73 bits per heavy atom. The first-order chi connectivity index (χ1) is 16.0. The summed E-state index contributed by atoms with van der Waals surface area (Å²) in [5.41, 5.74) is 7.43. The number of rotatable bonds is 16. The molecule has 2 aromatic rings. The molecule has 11 heteroatoms.